The zero-order valence-electron chi connectivity index (χ0n) is 11.5. The van der Waals surface area contributed by atoms with Gasteiger partial charge < -0.3 is 5.73 Å². The minimum atomic E-state index is -0.0747. The Morgan fingerprint density at radius 1 is 1.11 bits per heavy atom. The van der Waals surface area contributed by atoms with E-state index in [2.05, 4.69) is 39.0 Å². The first kappa shape index (κ1) is 13.6. The van der Waals surface area contributed by atoms with E-state index in [9.17, 15) is 0 Å². The molecule has 1 heterocycles. The average Bonchev–Trinajstić information content (AvgIpc) is 3.04. The first-order chi connectivity index (χ1) is 9.17. The Morgan fingerprint density at radius 3 is 2.42 bits per heavy atom. The maximum atomic E-state index is 6.53. The third kappa shape index (κ3) is 2.88. The lowest BCUT2D eigenvalue weighted by molar-refractivity contribution is 0.330. The number of benzene rings is 1. The fourth-order valence-electron chi connectivity index (χ4n) is 3.46. The van der Waals surface area contributed by atoms with Gasteiger partial charge in [0.2, 0.25) is 0 Å². The van der Waals surface area contributed by atoms with Crippen LogP contribution in [0.2, 0.25) is 0 Å². The van der Waals surface area contributed by atoms with Gasteiger partial charge in [-0.25, -0.2) is 0 Å². The molecule has 0 spiro atoms. The molecule has 0 unspecified atom stereocenters. The Morgan fingerprint density at radius 2 is 1.79 bits per heavy atom. The Bertz CT molecular complexity index is 446. The number of nitrogens with zero attached hydrogens (tertiary/aromatic N) is 1. The lowest BCUT2D eigenvalue weighted by Crippen LogP contribution is -2.33. The van der Waals surface area contributed by atoms with Crippen molar-refractivity contribution < 1.29 is 0 Å². The second-order valence-electron chi connectivity index (χ2n) is 6.15. The number of rotatable bonds is 3. The monoisotopic (exact) mass is 322 g/mol. The van der Waals surface area contributed by atoms with Gasteiger partial charge in [0.05, 0.1) is 0 Å². The van der Waals surface area contributed by atoms with Crippen LogP contribution >= 0.6 is 15.9 Å². The molecule has 19 heavy (non-hydrogen) atoms. The molecule has 0 atom stereocenters. The molecule has 1 aliphatic heterocycles. The summed E-state index contributed by atoms with van der Waals surface area (Å²) in [4.78, 5) is 2.54. The Kier molecular flexibility index (Phi) is 3.97. The van der Waals surface area contributed by atoms with Crippen LogP contribution in [0.1, 0.15) is 49.7 Å². The smallest absolute Gasteiger partial charge is 0.0410 e. The van der Waals surface area contributed by atoms with E-state index < -0.39 is 0 Å². The van der Waals surface area contributed by atoms with Crippen LogP contribution < -0.4 is 5.73 Å². The summed E-state index contributed by atoms with van der Waals surface area (Å²) in [5.41, 5.74) is 9.16. The summed E-state index contributed by atoms with van der Waals surface area (Å²) in [7, 11) is 0. The quantitative estimate of drug-likeness (QED) is 0.917. The first-order valence-corrected chi connectivity index (χ1v) is 8.27. The number of hydrogen-bond acceptors (Lipinski definition) is 2. The lowest BCUT2D eigenvalue weighted by atomic mass is 9.89. The van der Waals surface area contributed by atoms with Crippen LogP contribution in [0.25, 0.3) is 0 Å². The van der Waals surface area contributed by atoms with Crippen molar-refractivity contribution in [1.82, 2.24) is 4.90 Å². The molecule has 1 saturated heterocycles. The highest BCUT2D eigenvalue weighted by Gasteiger charge is 2.31. The van der Waals surface area contributed by atoms with Gasteiger partial charge in [0, 0.05) is 16.6 Å². The van der Waals surface area contributed by atoms with Crippen molar-refractivity contribution in [1.29, 1.82) is 0 Å². The summed E-state index contributed by atoms with van der Waals surface area (Å²) >= 11 is 3.74. The van der Waals surface area contributed by atoms with E-state index in [-0.39, 0.29) is 5.54 Å². The summed E-state index contributed by atoms with van der Waals surface area (Å²) < 4.78 is 1.23. The molecule has 104 valence electrons. The SMILES string of the molecule is NC1(c2ccc(CN3CCCC3)c(Br)c2)CCCC1. The van der Waals surface area contributed by atoms with Crippen LogP contribution in [-0.4, -0.2) is 18.0 Å². The fraction of sp³-hybridized carbons (Fsp3) is 0.625. The summed E-state index contributed by atoms with van der Waals surface area (Å²) in [6, 6.07) is 6.78. The topological polar surface area (TPSA) is 29.3 Å². The maximum absolute atomic E-state index is 6.53. The summed E-state index contributed by atoms with van der Waals surface area (Å²) in [6.45, 7) is 3.56. The van der Waals surface area contributed by atoms with Crippen LogP contribution in [0.3, 0.4) is 0 Å². The van der Waals surface area contributed by atoms with Crippen LogP contribution in [0.15, 0.2) is 22.7 Å². The van der Waals surface area contributed by atoms with Gasteiger partial charge in [0.1, 0.15) is 0 Å². The van der Waals surface area contributed by atoms with E-state index in [1.165, 1.54) is 54.4 Å². The maximum Gasteiger partial charge on any atom is 0.0410 e. The van der Waals surface area contributed by atoms with Gasteiger partial charge in [-0.2, -0.15) is 0 Å². The van der Waals surface area contributed by atoms with Gasteiger partial charge in [-0.15, -0.1) is 0 Å². The standard InChI is InChI=1S/C16H23BrN2/c17-15-11-14(16(18)7-1-2-8-16)6-5-13(15)12-19-9-3-4-10-19/h5-6,11H,1-4,7-10,12,18H2. The highest BCUT2D eigenvalue weighted by atomic mass is 79.9. The molecule has 3 heteroatoms. The van der Waals surface area contributed by atoms with Crippen molar-refractivity contribution >= 4 is 15.9 Å². The van der Waals surface area contributed by atoms with E-state index in [0.717, 1.165) is 19.4 Å². The molecule has 1 aromatic carbocycles. The van der Waals surface area contributed by atoms with Crippen molar-refractivity contribution in [3.8, 4) is 0 Å². The van der Waals surface area contributed by atoms with E-state index in [1.54, 1.807) is 0 Å². The molecule has 1 saturated carbocycles. The molecule has 2 nitrogen and oxygen atoms in total. The van der Waals surface area contributed by atoms with Gasteiger partial charge in [-0.1, -0.05) is 40.9 Å². The van der Waals surface area contributed by atoms with Crippen molar-refractivity contribution in [2.24, 2.45) is 5.73 Å². The van der Waals surface area contributed by atoms with Crippen LogP contribution in [0.4, 0.5) is 0 Å². The third-order valence-corrected chi connectivity index (χ3v) is 5.45. The second kappa shape index (κ2) is 5.55. The molecule has 1 aromatic rings. The number of halogens is 1. The van der Waals surface area contributed by atoms with Gasteiger partial charge in [0.25, 0.3) is 0 Å². The summed E-state index contributed by atoms with van der Waals surface area (Å²) in [5.74, 6) is 0. The molecular formula is C16H23BrN2. The lowest BCUT2D eigenvalue weighted by Gasteiger charge is -2.25. The molecule has 1 aliphatic carbocycles. The Balaban J connectivity index is 1.77. The predicted octanol–water partition coefficient (Wildman–Crippen LogP) is 3.77. The number of nitrogens with two attached hydrogens (primary N) is 1. The van der Waals surface area contributed by atoms with Crippen LogP contribution in [0, 0.1) is 0 Å². The molecular weight excluding hydrogens is 300 g/mol. The molecule has 0 bridgehead atoms. The minimum Gasteiger partial charge on any atom is -0.321 e. The minimum absolute atomic E-state index is 0.0747. The number of likely N-dealkylation sites (tertiary alicyclic amines) is 1. The molecule has 2 fully saturated rings. The average molecular weight is 323 g/mol. The molecule has 2 N–H and O–H groups in total. The van der Waals surface area contributed by atoms with E-state index in [4.69, 9.17) is 5.73 Å². The van der Waals surface area contributed by atoms with Gasteiger partial charge >= 0.3 is 0 Å². The van der Waals surface area contributed by atoms with Crippen molar-refractivity contribution in [2.45, 2.75) is 50.6 Å². The first-order valence-electron chi connectivity index (χ1n) is 7.48. The van der Waals surface area contributed by atoms with E-state index in [1.807, 2.05) is 0 Å². The zero-order valence-corrected chi connectivity index (χ0v) is 13.1. The largest absolute Gasteiger partial charge is 0.321 e. The normalized spacial score (nSPS) is 23.1. The number of hydrogen-bond donors (Lipinski definition) is 1. The van der Waals surface area contributed by atoms with Gasteiger partial charge in [-0.05, 0) is 56.0 Å². The highest BCUT2D eigenvalue weighted by molar-refractivity contribution is 9.10. The molecule has 0 amide bonds. The molecule has 0 radical (unpaired) electrons. The van der Waals surface area contributed by atoms with Crippen LogP contribution in [0.5, 0.6) is 0 Å². The second-order valence-corrected chi connectivity index (χ2v) is 7.01. The zero-order chi connectivity index (χ0) is 13.3. The van der Waals surface area contributed by atoms with E-state index in [0.29, 0.717) is 0 Å². The summed E-state index contributed by atoms with van der Waals surface area (Å²) in [5, 5.41) is 0. The van der Waals surface area contributed by atoms with E-state index >= 15 is 0 Å². The van der Waals surface area contributed by atoms with Crippen molar-refractivity contribution in [3.63, 3.8) is 0 Å². The molecule has 0 aromatic heterocycles. The highest BCUT2D eigenvalue weighted by Crippen LogP contribution is 2.37. The Hall–Kier alpha value is -0.380. The molecule has 3 rings (SSSR count). The van der Waals surface area contributed by atoms with Crippen molar-refractivity contribution in [3.05, 3.63) is 33.8 Å². The van der Waals surface area contributed by atoms with Crippen LogP contribution in [-0.2, 0) is 12.1 Å². The van der Waals surface area contributed by atoms with Crippen molar-refractivity contribution in [2.75, 3.05) is 13.1 Å². The van der Waals surface area contributed by atoms with Gasteiger partial charge in [0.15, 0.2) is 0 Å². The molecule has 2 aliphatic rings. The summed E-state index contributed by atoms with van der Waals surface area (Å²) in [6.07, 6.45) is 7.49. The fourth-order valence-corrected chi connectivity index (χ4v) is 3.97. The predicted molar refractivity (Wildman–Crippen MR) is 83.0 cm³/mol. The third-order valence-electron chi connectivity index (χ3n) is 4.72. The Labute approximate surface area is 124 Å². The van der Waals surface area contributed by atoms with Gasteiger partial charge in [-0.3, -0.25) is 4.90 Å².